The third kappa shape index (κ3) is 2.96. The van der Waals surface area contributed by atoms with Crippen LogP contribution in [0.25, 0.3) is 10.9 Å². The molecule has 1 aliphatic heterocycles. The van der Waals surface area contributed by atoms with Crippen molar-refractivity contribution in [1.29, 1.82) is 0 Å². The lowest BCUT2D eigenvalue weighted by Crippen LogP contribution is -2.31. The number of amides is 1. The molecule has 0 atom stereocenters. The zero-order valence-corrected chi connectivity index (χ0v) is 14.0. The van der Waals surface area contributed by atoms with E-state index in [2.05, 4.69) is 30.4 Å². The lowest BCUT2D eigenvalue weighted by Gasteiger charge is -2.16. The summed E-state index contributed by atoms with van der Waals surface area (Å²) in [5.41, 5.74) is 1.87. The molecule has 0 fully saturated rings. The topological polar surface area (TPSA) is 96.9 Å². The third-order valence-electron chi connectivity index (χ3n) is 4.46. The first-order valence-corrected chi connectivity index (χ1v) is 8.27. The van der Waals surface area contributed by atoms with Crippen LogP contribution in [0, 0.1) is 0 Å². The number of hydrogen-bond donors (Lipinski definition) is 3. The first kappa shape index (κ1) is 15.6. The van der Waals surface area contributed by atoms with Crippen molar-refractivity contribution in [1.82, 2.24) is 30.4 Å². The molecular weight excluding hydrogens is 320 g/mol. The summed E-state index contributed by atoms with van der Waals surface area (Å²) in [5, 5.41) is 15.5. The molecule has 0 saturated heterocycles. The van der Waals surface area contributed by atoms with Gasteiger partial charge in [0.1, 0.15) is 11.6 Å². The van der Waals surface area contributed by atoms with Gasteiger partial charge in [-0.1, -0.05) is 6.07 Å². The van der Waals surface area contributed by atoms with E-state index in [0.717, 1.165) is 53.5 Å². The van der Waals surface area contributed by atoms with Crippen molar-refractivity contribution in [3.8, 4) is 5.75 Å². The molecule has 1 aliphatic rings. The maximum Gasteiger partial charge on any atom is 0.224 e. The molecule has 2 aromatic heterocycles. The summed E-state index contributed by atoms with van der Waals surface area (Å²) in [6.07, 6.45) is 2.14. The molecule has 8 heteroatoms. The van der Waals surface area contributed by atoms with E-state index in [-0.39, 0.29) is 12.3 Å². The Morgan fingerprint density at radius 1 is 1.40 bits per heavy atom. The largest absolute Gasteiger partial charge is 0.496 e. The van der Waals surface area contributed by atoms with Gasteiger partial charge in [-0.3, -0.25) is 4.79 Å². The minimum Gasteiger partial charge on any atom is -0.496 e. The summed E-state index contributed by atoms with van der Waals surface area (Å²) >= 11 is 0. The van der Waals surface area contributed by atoms with Crippen LogP contribution < -0.4 is 15.4 Å². The normalized spacial score (nSPS) is 13.6. The quantitative estimate of drug-likeness (QED) is 0.636. The van der Waals surface area contributed by atoms with Gasteiger partial charge in [0.05, 0.1) is 26.6 Å². The number of aromatic amines is 1. The number of ether oxygens (including phenoxy) is 1. The molecule has 1 aromatic carbocycles. The Hall–Kier alpha value is -2.87. The molecule has 0 spiro atoms. The maximum absolute atomic E-state index is 12.4. The van der Waals surface area contributed by atoms with Crippen LogP contribution >= 0.6 is 0 Å². The Morgan fingerprint density at radius 2 is 2.32 bits per heavy atom. The minimum atomic E-state index is -0.0573. The molecule has 25 heavy (non-hydrogen) atoms. The van der Waals surface area contributed by atoms with Gasteiger partial charge >= 0.3 is 0 Å². The van der Waals surface area contributed by atoms with Crippen LogP contribution in [-0.4, -0.2) is 39.3 Å². The number of H-pyrrole nitrogens is 1. The summed E-state index contributed by atoms with van der Waals surface area (Å²) < 4.78 is 7.47. The van der Waals surface area contributed by atoms with E-state index in [1.54, 1.807) is 7.11 Å². The standard InChI is InChI=1S/C17H20N6O2/c1-25-13-4-2-3-12-17(13)11(8-19-12)7-16(24)20-10-15-22-21-14-9-18-5-6-23(14)15/h2-4,8,18-19H,5-7,9-10H2,1H3,(H,20,24). The Morgan fingerprint density at radius 3 is 3.20 bits per heavy atom. The number of nitrogens with one attached hydrogen (secondary N) is 3. The molecule has 3 heterocycles. The highest BCUT2D eigenvalue weighted by atomic mass is 16.5. The van der Waals surface area contributed by atoms with Crippen molar-refractivity contribution in [3.05, 3.63) is 41.6 Å². The molecule has 0 bridgehead atoms. The number of benzene rings is 1. The first-order valence-electron chi connectivity index (χ1n) is 8.27. The van der Waals surface area contributed by atoms with Gasteiger partial charge in [0.25, 0.3) is 0 Å². The number of hydrogen-bond acceptors (Lipinski definition) is 5. The summed E-state index contributed by atoms with van der Waals surface area (Å²) in [5.74, 6) is 2.41. The second-order valence-electron chi connectivity index (χ2n) is 6.01. The smallest absolute Gasteiger partial charge is 0.224 e. The van der Waals surface area contributed by atoms with Crippen LogP contribution in [0.5, 0.6) is 5.75 Å². The summed E-state index contributed by atoms with van der Waals surface area (Å²) in [6, 6.07) is 5.79. The molecule has 0 radical (unpaired) electrons. The predicted molar refractivity (Wildman–Crippen MR) is 92.1 cm³/mol. The molecule has 1 amide bonds. The van der Waals surface area contributed by atoms with Crippen LogP contribution in [0.1, 0.15) is 17.2 Å². The van der Waals surface area contributed by atoms with Crippen LogP contribution in [-0.2, 0) is 30.8 Å². The van der Waals surface area contributed by atoms with E-state index in [1.807, 2.05) is 24.4 Å². The SMILES string of the molecule is COc1cccc2[nH]cc(CC(=O)NCc3nnc4n3CCNC4)c12. The zero-order chi connectivity index (χ0) is 17.2. The minimum absolute atomic E-state index is 0.0573. The summed E-state index contributed by atoms with van der Waals surface area (Å²) in [7, 11) is 1.63. The Balaban J connectivity index is 1.45. The van der Waals surface area contributed by atoms with Crippen molar-refractivity contribution in [2.75, 3.05) is 13.7 Å². The number of rotatable bonds is 5. The van der Waals surface area contributed by atoms with E-state index in [1.165, 1.54) is 0 Å². The number of nitrogens with zero attached hydrogens (tertiary/aromatic N) is 3. The van der Waals surface area contributed by atoms with Crippen molar-refractivity contribution >= 4 is 16.8 Å². The third-order valence-corrected chi connectivity index (χ3v) is 4.46. The number of aromatic nitrogens is 4. The highest BCUT2D eigenvalue weighted by Gasteiger charge is 2.17. The first-order chi connectivity index (χ1) is 12.3. The fourth-order valence-electron chi connectivity index (χ4n) is 3.23. The average molecular weight is 340 g/mol. The van der Waals surface area contributed by atoms with E-state index < -0.39 is 0 Å². The number of fused-ring (bicyclic) bond motifs is 2. The number of carbonyl (C=O) groups excluding carboxylic acids is 1. The lowest BCUT2D eigenvalue weighted by atomic mass is 10.1. The van der Waals surface area contributed by atoms with E-state index >= 15 is 0 Å². The van der Waals surface area contributed by atoms with Crippen LogP contribution in [0.3, 0.4) is 0 Å². The van der Waals surface area contributed by atoms with Gasteiger partial charge in [0.15, 0.2) is 5.82 Å². The van der Waals surface area contributed by atoms with Gasteiger partial charge in [-0.2, -0.15) is 0 Å². The fraction of sp³-hybridized carbons (Fsp3) is 0.353. The van der Waals surface area contributed by atoms with Crippen molar-refractivity contribution in [3.63, 3.8) is 0 Å². The number of methoxy groups -OCH3 is 1. The van der Waals surface area contributed by atoms with Crippen LogP contribution in [0.2, 0.25) is 0 Å². The van der Waals surface area contributed by atoms with Crippen molar-refractivity contribution in [2.45, 2.75) is 26.1 Å². The van der Waals surface area contributed by atoms with Crippen LogP contribution in [0.15, 0.2) is 24.4 Å². The van der Waals surface area contributed by atoms with Crippen molar-refractivity contribution < 1.29 is 9.53 Å². The fourth-order valence-corrected chi connectivity index (χ4v) is 3.23. The van der Waals surface area contributed by atoms with Gasteiger partial charge in [-0.15, -0.1) is 10.2 Å². The van der Waals surface area contributed by atoms with E-state index in [9.17, 15) is 4.79 Å². The van der Waals surface area contributed by atoms with E-state index in [0.29, 0.717) is 6.54 Å². The second-order valence-corrected chi connectivity index (χ2v) is 6.01. The molecule has 3 aromatic rings. The summed E-state index contributed by atoms with van der Waals surface area (Å²) in [6.45, 7) is 2.82. The average Bonchev–Trinajstić information content (AvgIpc) is 3.24. The molecule has 0 unspecified atom stereocenters. The Bertz CT molecular complexity index is 913. The molecule has 3 N–H and O–H groups in total. The van der Waals surface area contributed by atoms with Gasteiger partial charge in [0, 0.05) is 30.2 Å². The molecule has 8 nitrogen and oxygen atoms in total. The highest BCUT2D eigenvalue weighted by Crippen LogP contribution is 2.28. The lowest BCUT2D eigenvalue weighted by molar-refractivity contribution is -0.120. The van der Waals surface area contributed by atoms with E-state index in [4.69, 9.17) is 4.74 Å². The monoisotopic (exact) mass is 340 g/mol. The van der Waals surface area contributed by atoms with Gasteiger partial charge in [-0.05, 0) is 17.7 Å². The molecule has 0 saturated carbocycles. The molecular formula is C17H20N6O2. The van der Waals surface area contributed by atoms with Gasteiger partial charge in [0.2, 0.25) is 5.91 Å². The molecule has 0 aliphatic carbocycles. The molecule has 130 valence electrons. The highest BCUT2D eigenvalue weighted by molar-refractivity contribution is 5.93. The number of carbonyl (C=O) groups is 1. The second kappa shape index (κ2) is 6.56. The summed E-state index contributed by atoms with van der Waals surface area (Å²) in [4.78, 5) is 15.6. The van der Waals surface area contributed by atoms with Gasteiger partial charge < -0.3 is 24.9 Å². The van der Waals surface area contributed by atoms with Crippen molar-refractivity contribution in [2.24, 2.45) is 0 Å². The maximum atomic E-state index is 12.4. The van der Waals surface area contributed by atoms with Crippen LogP contribution in [0.4, 0.5) is 0 Å². The Labute approximate surface area is 144 Å². The predicted octanol–water partition coefficient (Wildman–Crippen LogP) is 0.730. The zero-order valence-electron chi connectivity index (χ0n) is 14.0. The Kier molecular flexibility index (Phi) is 4.10. The molecule has 4 rings (SSSR count). The van der Waals surface area contributed by atoms with Gasteiger partial charge in [-0.25, -0.2) is 0 Å².